The number of nitrogens with zero attached hydrogens (tertiary/aromatic N) is 2. The number of fused-ring (bicyclic) bond motifs is 1. The Kier molecular flexibility index (Phi) is 5.94. The topological polar surface area (TPSA) is 117 Å². The number of para-hydroxylation sites is 1. The number of carbonyl (C=O) groups excluding carboxylic acids is 4. The molecule has 0 fully saturated rings. The lowest BCUT2D eigenvalue weighted by Crippen LogP contribution is -2.30. The van der Waals surface area contributed by atoms with Crippen molar-refractivity contribution in [2.75, 3.05) is 16.8 Å². The summed E-state index contributed by atoms with van der Waals surface area (Å²) in [4.78, 5) is 51.7. The van der Waals surface area contributed by atoms with E-state index in [1.807, 2.05) is 25.1 Å². The van der Waals surface area contributed by atoms with Crippen molar-refractivity contribution >= 4 is 35.1 Å². The van der Waals surface area contributed by atoms with Crippen LogP contribution in [0.15, 0.2) is 60.7 Å². The number of nitrogens with one attached hydrogen (secondary N) is 1. The largest absolute Gasteiger partial charge is 0.452 e. The maximum atomic E-state index is 13.0. The molecule has 4 rings (SSSR count). The number of aryl methyl sites for hydroxylation is 2. The minimum atomic E-state index is -0.822. The van der Waals surface area contributed by atoms with E-state index in [2.05, 4.69) is 5.32 Å². The number of rotatable bonds is 5. The highest BCUT2D eigenvalue weighted by Crippen LogP contribution is 2.32. The summed E-state index contributed by atoms with van der Waals surface area (Å²) in [6, 6.07) is 17.9. The summed E-state index contributed by atoms with van der Waals surface area (Å²) in [6.45, 7) is 3.09. The van der Waals surface area contributed by atoms with Crippen molar-refractivity contribution in [2.45, 2.75) is 13.8 Å². The van der Waals surface area contributed by atoms with Gasteiger partial charge >= 0.3 is 5.97 Å². The van der Waals surface area contributed by atoms with E-state index in [1.54, 1.807) is 37.3 Å². The minimum Gasteiger partial charge on any atom is -0.452 e. The number of anilines is 2. The molecule has 34 heavy (non-hydrogen) atoms. The summed E-state index contributed by atoms with van der Waals surface area (Å²) in [5.41, 5.74) is 3.05. The molecule has 3 aromatic carbocycles. The highest BCUT2D eigenvalue weighted by atomic mass is 16.5. The van der Waals surface area contributed by atoms with E-state index in [9.17, 15) is 19.2 Å². The molecular formula is C26H19N3O5. The molecule has 8 nitrogen and oxygen atoms in total. The van der Waals surface area contributed by atoms with Gasteiger partial charge in [0.25, 0.3) is 17.7 Å². The third-order valence-electron chi connectivity index (χ3n) is 5.38. The Morgan fingerprint density at radius 2 is 1.71 bits per heavy atom. The van der Waals surface area contributed by atoms with Crippen LogP contribution in [0.2, 0.25) is 0 Å². The van der Waals surface area contributed by atoms with Gasteiger partial charge in [-0.1, -0.05) is 24.3 Å². The van der Waals surface area contributed by atoms with Gasteiger partial charge in [0.2, 0.25) is 0 Å². The predicted octanol–water partition coefficient (Wildman–Crippen LogP) is 3.77. The lowest BCUT2D eigenvalue weighted by Gasteiger charge is -2.17. The zero-order chi connectivity index (χ0) is 24.4. The second kappa shape index (κ2) is 9.00. The minimum absolute atomic E-state index is 0.0351. The fourth-order valence-corrected chi connectivity index (χ4v) is 3.64. The molecule has 0 saturated carbocycles. The summed E-state index contributed by atoms with van der Waals surface area (Å²) in [6.07, 6.45) is 0. The average Bonchev–Trinajstić information content (AvgIpc) is 3.08. The van der Waals surface area contributed by atoms with Crippen LogP contribution in [0.3, 0.4) is 0 Å². The number of hydrogen-bond acceptors (Lipinski definition) is 6. The Hall–Kier alpha value is -4.77. The molecule has 0 radical (unpaired) electrons. The molecule has 0 saturated heterocycles. The van der Waals surface area contributed by atoms with Gasteiger partial charge in [-0.05, 0) is 61.4 Å². The maximum Gasteiger partial charge on any atom is 0.338 e. The monoisotopic (exact) mass is 453 g/mol. The fraction of sp³-hybridized carbons (Fsp3) is 0.115. The first-order valence-corrected chi connectivity index (χ1v) is 10.4. The lowest BCUT2D eigenvalue weighted by atomic mass is 10.1. The van der Waals surface area contributed by atoms with Crippen LogP contribution in [0.25, 0.3) is 0 Å². The van der Waals surface area contributed by atoms with Crippen LogP contribution in [0, 0.1) is 25.2 Å². The lowest BCUT2D eigenvalue weighted by molar-refractivity contribution is -0.119. The highest BCUT2D eigenvalue weighted by molar-refractivity contribution is 6.35. The van der Waals surface area contributed by atoms with Crippen molar-refractivity contribution in [1.82, 2.24) is 0 Å². The number of ether oxygens (including phenoxy) is 1. The Morgan fingerprint density at radius 1 is 0.971 bits per heavy atom. The van der Waals surface area contributed by atoms with Gasteiger partial charge in [0.15, 0.2) is 6.61 Å². The molecule has 1 heterocycles. The van der Waals surface area contributed by atoms with Crippen LogP contribution in [-0.2, 0) is 9.53 Å². The number of esters is 1. The Bertz CT molecular complexity index is 1400. The van der Waals surface area contributed by atoms with Crippen molar-refractivity contribution in [2.24, 2.45) is 0 Å². The molecule has 3 amide bonds. The molecule has 1 N–H and O–H groups in total. The quantitative estimate of drug-likeness (QED) is 0.464. The molecule has 0 aromatic heterocycles. The van der Waals surface area contributed by atoms with Gasteiger partial charge in [-0.2, -0.15) is 5.26 Å². The van der Waals surface area contributed by atoms with E-state index in [0.717, 1.165) is 16.0 Å². The molecule has 0 bridgehead atoms. The van der Waals surface area contributed by atoms with Gasteiger partial charge in [0.1, 0.15) is 6.07 Å². The second-order valence-corrected chi connectivity index (χ2v) is 7.78. The molecule has 0 atom stereocenters. The van der Waals surface area contributed by atoms with Crippen LogP contribution in [0.5, 0.6) is 0 Å². The van der Waals surface area contributed by atoms with Crippen LogP contribution in [0.1, 0.15) is 47.8 Å². The number of imide groups is 1. The maximum absolute atomic E-state index is 13.0. The van der Waals surface area contributed by atoms with Gasteiger partial charge in [-0.25, -0.2) is 9.69 Å². The van der Waals surface area contributed by atoms with Gasteiger partial charge < -0.3 is 10.1 Å². The second-order valence-electron chi connectivity index (χ2n) is 7.78. The third kappa shape index (κ3) is 4.14. The summed E-state index contributed by atoms with van der Waals surface area (Å²) in [7, 11) is 0. The van der Waals surface area contributed by atoms with Crippen LogP contribution >= 0.6 is 0 Å². The summed E-state index contributed by atoms with van der Waals surface area (Å²) >= 11 is 0. The van der Waals surface area contributed by atoms with Crippen molar-refractivity contribution in [1.29, 1.82) is 5.26 Å². The van der Waals surface area contributed by atoms with E-state index in [0.29, 0.717) is 11.4 Å². The molecule has 1 aliphatic rings. The third-order valence-corrected chi connectivity index (χ3v) is 5.38. The van der Waals surface area contributed by atoms with Crippen LogP contribution in [-0.4, -0.2) is 30.3 Å². The molecule has 3 aromatic rings. The first kappa shape index (κ1) is 22.4. The van der Waals surface area contributed by atoms with Crippen molar-refractivity contribution in [3.05, 3.63) is 94.0 Å². The molecule has 168 valence electrons. The van der Waals surface area contributed by atoms with Crippen LogP contribution < -0.4 is 10.2 Å². The van der Waals surface area contributed by atoms with Crippen LogP contribution in [0.4, 0.5) is 11.4 Å². The molecule has 0 unspecified atom stereocenters. The molecule has 1 aliphatic heterocycles. The molecule has 0 aliphatic carbocycles. The van der Waals surface area contributed by atoms with E-state index in [1.165, 1.54) is 18.2 Å². The van der Waals surface area contributed by atoms with E-state index >= 15 is 0 Å². The zero-order valence-electron chi connectivity index (χ0n) is 18.4. The van der Waals surface area contributed by atoms with E-state index < -0.39 is 30.3 Å². The van der Waals surface area contributed by atoms with E-state index in [4.69, 9.17) is 10.00 Å². The Balaban J connectivity index is 1.48. The number of amides is 3. The number of benzene rings is 3. The molecule has 0 spiro atoms. The molecular weight excluding hydrogens is 434 g/mol. The van der Waals surface area contributed by atoms with Gasteiger partial charge in [0, 0.05) is 0 Å². The van der Waals surface area contributed by atoms with E-state index in [-0.39, 0.29) is 22.3 Å². The Labute approximate surface area is 195 Å². The zero-order valence-corrected chi connectivity index (χ0v) is 18.4. The van der Waals surface area contributed by atoms with Crippen molar-refractivity contribution in [3.63, 3.8) is 0 Å². The van der Waals surface area contributed by atoms with Gasteiger partial charge in [-0.3, -0.25) is 14.4 Å². The van der Waals surface area contributed by atoms with Gasteiger partial charge in [0.05, 0.1) is 33.6 Å². The summed E-state index contributed by atoms with van der Waals surface area (Å²) in [5, 5.41) is 11.6. The number of hydrogen-bond donors (Lipinski definition) is 1. The normalized spacial score (nSPS) is 12.2. The number of carbonyl (C=O) groups is 4. The Morgan fingerprint density at radius 3 is 2.47 bits per heavy atom. The SMILES string of the molecule is Cc1ccc(C)c(N2C(=O)c3ccc(C(=O)OCC(=O)Nc4ccccc4C#N)cc3C2=O)c1. The average molecular weight is 453 g/mol. The summed E-state index contributed by atoms with van der Waals surface area (Å²) < 4.78 is 5.06. The number of nitriles is 1. The highest BCUT2D eigenvalue weighted by Gasteiger charge is 2.38. The first-order chi connectivity index (χ1) is 16.3. The van der Waals surface area contributed by atoms with Crippen molar-refractivity contribution in [3.8, 4) is 6.07 Å². The smallest absolute Gasteiger partial charge is 0.338 e. The standard InChI is InChI=1S/C26H19N3O5/c1-15-7-8-16(2)22(11-15)29-24(31)19-10-9-17(12-20(19)25(29)32)26(33)34-14-23(30)28-21-6-4-3-5-18(21)13-27/h3-12H,14H2,1-2H3,(H,28,30). The summed E-state index contributed by atoms with van der Waals surface area (Å²) in [5.74, 6) is -2.44. The fourth-order valence-electron chi connectivity index (χ4n) is 3.64. The van der Waals surface area contributed by atoms with Gasteiger partial charge in [-0.15, -0.1) is 0 Å². The first-order valence-electron chi connectivity index (χ1n) is 10.4. The molecule has 8 heteroatoms. The van der Waals surface area contributed by atoms with Crippen molar-refractivity contribution < 1.29 is 23.9 Å². The predicted molar refractivity (Wildman–Crippen MR) is 124 cm³/mol.